The molecule has 8 unspecified atom stereocenters. The summed E-state index contributed by atoms with van der Waals surface area (Å²) in [5.74, 6) is -2.96. The summed E-state index contributed by atoms with van der Waals surface area (Å²) >= 11 is 0.798. The number of anilines is 1. The van der Waals surface area contributed by atoms with E-state index >= 15 is 0 Å². The first-order valence-corrected chi connectivity index (χ1v) is 22.0. The molecule has 1 aliphatic heterocycles. The molecule has 1 saturated heterocycles. The fourth-order valence-corrected chi connectivity index (χ4v) is 8.39. The highest BCUT2D eigenvalue weighted by Crippen LogP contribution is 2.56. The van der Waals surface area contributed by atoms with E-state index in [1.807, 2.05) is 0 Å². The number of fused-ring (bicyclic) bond motifs is 1. The van der Waals surface area contributed by atoms with Crippen LogP contribution in [0.25, 0.3) is 11.2 Å². The number of aromatic nitrogens is 4. The van der Waals surface area contributed by atoms with E-state index in [9.17, 15) is 72.9 Å². The van der Waals surface area contributed by atoms with Gasteiger partial charge in [-0.1, -0.05) is 25.6 Å². The van der Waals surface area contributed by atoms with Crippen LogP contribution in [-0.2, 0) is 55.5 Å². The van der Waals surface area contributed by atoms with Crippen molar-refractivity contribution in [2.24, 2.45) is 5.41 Å². The SMILES string of the molecule is CC(C)(COP(=O)([O-])OP(=O)([O-])OCC1OC(n2cnc3c(N)ncnc32)C(O)C1OP(=O)([O-])[O-])C(O)C(=O)NCCC(=O)NCCSC(=O)CC(O)CCC(=O)[O-]. The molecule has 2 amide bonds. The van der Waals surface area contributed by atoms with Crippen LogP contribution >= 0.6 is 35.2 Å². The van der Waals surface area contributed by atoms with Crippen LogP contribution in [0.1, 0.15) is 45.8 Å². The number of carbonyl (C=O) groups excluding carboxylic acids is 4. The molecule has 7 N–H and O–H groups in total. The quantitative estimate of drug-likeness (QED) is 0.0422. The first kappa shape index (κ1) is 49.4. The van der Waals surface area contributed by atoms with Gasteiger partial charge in [0.25, 0.3) is 15.6 Å². The average Bonchev–Trinajstić information content (AvgIpc) is 3.67. The van der Waals surface area contributed by atoms with Crippen LogP contribution in [0.3, 0.4) is 0 Å². The first-order chi connectivity index (χ1) is 26.8. The van der Waals surface area contributed by atoms with Crippen molar-refractivity contribution in [2.45, 2.75) is 76.3 Å². The molecule has 0 saturated carbocycles. The highest BCUT2D eigenvalue weighted by molar-refractivity contribution is 8.13. The zero-order valence-corrected chi connectivity index (χ0v) is 33.9. The van der Waals surface area contributed by atoms with Crippen LogP contribution in [0.5, 0.6) is 0 Å². The second-order valence-electron chi connectivity index (χ2n) is 13.0. The third-order valence-corrected chi connectivity index (χ3v) is 11.7. The number of nitrogens with two attached hydrogens (primary N) is 1. The number of nitrogen functional groups attached to an aromatic ring is 1. The fourth-order valence-electron chi connectivity index (χ4n) is 4.91. The zero-order chi connectivity index (χ0) is 43.6. The van der Waals surface area contributed by atoms with Gasteiger partial charge in [-0.2, -0.15) is 0 Å². The summed E-state index contributed by atoms with van der Waals surface area (Å²) in [6.45, 7) is -0.284. The van der Waals surface area contributed by atoms with Gasteiger partial charge in [-0.3, -0.25) is 28.1 Å². The summed E-state index contributed by atoms with van der Waals surface area (Å²) in [4.78, 5) is 106. The Labute approximate surface area is 332 Å². The van der Waals surface area contributed by atoms with Gasteiger partial charge in [0, 0.05) is 43.1 Å². The number of phosphoric acid groups is 3. The van der Waals surface area contributed by atoms with Gasteiger partial charge >= 0.3 is 0 Å². The lowest BCUT2D eigenvalue weighted by Crippen LogP contribution is -2.46. The van der Waals surface area contributed by atoms with Crippen molar-refractivity contribution < 1.29 is 95.5 Å². The summed E-state index contributed by atoms with van der Waals surface area (Å²) in [6, 6.07) is 0. The second kappa shape index (κ2) is 21.0. The maximum Gasteiger partial charge on any atom is 0.274 e. The molecular formula is C27H39N7O20P3S-5. The second-order valence-corrected chi connectivity index (χ2v) is 18.2. The molecule has 2 aromatic heterocycles. The number of carboxylic acid groups (broad SMARTS) is 1. The predicted octanol–water partition coefficient (Wildman–Crippen LogP) is -5.58. The Morgan fingerprint density at radius 1 is 1.03 bits per heavy atom. The fraction of sp³-hybridized carbons (Fsp3) is 0.667. The average molecular weight is 907 g/mol. The maximum atomic E-state index is 12.5. The van der Waals surface area contributed by atoms with E-state index in [1.165, 1.54) is 0 Å². The number of carboxylic acids is 1. The van der Waals surface area contributed by atoms with Crippen LogP contribution < -0.4 is 41.0 Å². The summed E-state index contributed by atoms with van der Waals surface area (Å²) < 4.78 is 60.3. The molecule has 328 valence electrons. The number of carbonyl (C=O) groups is 4. The Kier molecular flexibility index (Phi) is 17.9. The van der Waals surface area contributed by atoms with Gasteiger partial charge in [-0.25, -0.2) is 19.3 Å². The van der Waals surface area contributed by atoms with E-state index in [0.717, 1.165) is 42.8 Å². The molecule has 0 aliphatic carbocycles. The van der Waals surface area contributed by atoms with Crippen molar-refractivity contribution in [2.75, 3.05) is 37.8 Å². The molecular weight excluding hydrogens is 867 g/mol. The molecule has 0 spiro atoms. The van der Waals surface area contributed by atoms with Gasteiger partial charge in [0.15, 0.2) is 22.8 Å². The van der Waals surface area contributed by atoms with Gasteiger partial charge in [-0.15, -0.1) is 0 Å². The number of nitrogens with zero attached hydrogens (tertiary/aromatic N) is 4. The molecule has 0 bridgehead atoms. The van der Waals surface area contributed by atoms with Crippen LogP contribution in [-0.4, -0.2) is 120 Å². The number of hydrogen-bond acceptors (Lipinski definition) is 25. The highest BCUT2D eigenvalue weighted by atomic mass is 32.2. The lowest BCUT2D eigenvalue weighted by atomic mass is 9.87. The van der Waals surface area contributed by atoms with Crippen molar-refractivity contribution in [1.82, 2.24) is 30.2 Å². The molecule has 8 atom stereocenters. The first-order valence-electron chi connectivity index (χ1n) is 16.7. The van der Waals surface area contributed by atoms with Crippen molar-refractivity contribution in [3.8, 4) is 0 Å². The van der Waals surface area contributed by atoms with E-state index < -0.39 is 108 Å². The molecule has 2 aromatic rings. The Balaban J connectivity index is 1.45. The largest absolute Gasteiger partial charge is 0.790 e. The van der Waals surface area contributed by atoms with Crippen molar-refractivity contribution >= 4 is 75.1 Å². The Bertz CT molecular complexity index is 1920. The third-order valence-electron chi connectivity index (χ3n) is 7.82. The van der Waals surface area contributed by atoms with Gasteiger partial charge < -0.3 is 84.0 Å². The number of aliphatic hydroxyl groups is 3. The van der Waals surface area contributed by atoms with Crippen LogP contribution in [0.15, 0.2) is 12.7 Å². The Morgan fingerprint density at radius 2 is 1.71 bits per heavy atom. The van der Waals surface area contributed by atoms with Crippen molar-refractivity contribution in [3.63, 3.8) is 0 Å². The van der Waals surface area contributed by atoms with Gasteiger partial charge in [-0.05, 0) is 12.8 Å². The van der Waals surface area contributed by atoms with E-state index in [-0.39, 0.29) is 55.1 Å². The third kappa shape index (κ3) is 15.5. The smallest absolute Gasteiger partial charge is 0.274 e. The van der Waals surface area contributed by atoms with Crippen molar-refractivity contribution in [3.05, 3.63) is 12.7 Å². The lowest BCUT2D eigenvalue weighted by molar-refractivity contribution is -0.347. The van der Waals surface area contributed by atoms with Crippen LogP contribution in [0.4, 0.5) is 5.82 Å². The standard InChI is InChI=1S/C27H44N7O20P3S/c1-27(2,22(41)25(42)30-6-5-16(36)29-7-8-58-18(39)9-14(35)3-4-17(37)38)11-51-57(48,49)54-56(46,47)50-10-15-21(53-55(43,44)45)20(40)26(52-15)34-13-33-19-23(28)31-12-32-24(19)34/h12-15,20-22,26,35,40-41H,3-11H2,1-2H3,(H,29,36)(H,30,42)(H,37,38)(H,46,47)(H,48,49)(H2,28,31,32)(H2,43,44,45)/p-5. The number of ether oxygens (including phenoxy) is 1. The number of rotatable bonds is 24. The molecule has 3 rings (SSSR count). The van der Waals surface area contributed by atoms with Crippen LogP contribution in [0, 0.1) is 5.41 Å². The summed E-state index contributed by atoms with van der Waals surface area (Å²) in [6.07, 6.45) is -9.85. The van der Waals surface area contributed by atoms with Gasteiger partial charge in [0.2, 0.25) is 11.8 Å². The number of thioether (sulfide) groups is 1. The van der Waals surface area contributed by atoms with E-state index in [1.54, 1.807) is 0 Å². The number of amides is 2. The molecule has 3 heterocycles. The minimum atomic E-state index is -5.94. The minimum Gasteiger partial charge on any atom is -0.790 e. The number of imidazole rings is 1. The number of hydrogen-bond donors (Lipinski definition) is 6. The molecule has 0 aromatic carbocycles. The number of nitrogens with one attached hydrogen (secondary N) is 2. The lowest BCUT2D eigenvalue weighted by Gasteiger charge is -2.36. The van der Waals surface area contributed by atoms with Gasteiger partial charge in [0.1, 0.15) is 36.3 Å². The Hall–Kier alpha value is -3.01. The molecule has 0 radical (unpaired) electrons. The van der Waals surface area contributed by atoms with Crippen molar-refractivity contribution in [1.29, 1.82) is 0 Å². The number of phosphoric ester groups is 3. The molecule has 31 heteroatoms. The maximum absolute atomic E-state index is 12.5. The molecule has 58 heavy (non-hydrogen) atoms. The zero-order valence-electron chi connectivity index (χ0n) is 30.4. The van der Waals surface area contributed by atoms with Crippen LogP contribution in [0.2, 0.25) is 0 Å². The highest BCUT2D eigenvalue weighted by Gasteiger charge is 2.47. The van der Waals surface area contributed by atoms with Gasteiger partial charge in [0.05, 0.1) is 33.5 Å². The number of aliphatic carboxylic acids is 1. The summed E-state index contributed by atoms with van der Waals surface area (Å²) in [5, 5.41) is 45.6. The Morgan fingerprint density at radius 3 is 2.36 bits per heavy atom. The summed E-state index contributed by atoms with van der Waals surface area (Å²) in [7, 11) is -17.7. The molecule has 1 aliphatic rings. The normalized spacial score (nSPS) is 21.8. The predicted molar refractivity (Wildman–Crippen MR) is 183 cm³/mol. The molecule has 27 nitrogen and oxygen atoms in total. The van der Waals surface area contributed by atoms with E-state index in [4.69, 9.17) is 10.5 Å². The molecule has 1 fully saturated rings. The van der Waals surface area contributed by atoms with E-state index in [0.29, 0.717) is 0 Å². The number of aliphatic hydroxyl groups excluding tert-OH is 3. The topological polar surface area (TPSA) is 435 Å². The van der Waals surface area contributed by atoms with E-state index in [2.05, 4.69) is 43.5 Å². The monoisotopic (exact) mass is 906 g/mol. The minimum absolute atomic E-state index is 0.0270. The summed E-state index contributed by atoms with van der Waals surface area (Å²) in [5.41, 5.74) is 3.98.